The summed E-state index contributed by atoms with van der Waals surface area (Å²) in [6.45, 7) is 6.49. The van der Waals surface area contributed by atoms with E-state index in [1.54, 1.807) is 20.8 Å². The number of primary amides is 1. The number of Topliss-reactive ketones (excluding diaryl/α,β-unsaturated/α-hetero) is 1. The number of nitrogens with zero attached hydrogens (tertiary/aromatic N) is 4. The van der Waals surface area contributed by atoms with Crippen molar-refractivity contribution < 1.29 is 143 Å². The molecular formula is C90H91Cl3N13O29+. The van der Waals surface area contributed by atoms with Gasteiger partial charge >= 0.3 is 11.9 Å². The molecule has 7 bridgehead atoms. The maximum absolute atomic E-state index is 16.4. The lowest BCUT2D eigenvalue weighted by Crippen LogP contribution is -2.81. The van der Waals surface area contributed by atoms with Gasteiger partial charge < -0.3 is 148 Å². The van der Waals surface area contributed by atoms with Crippen LogP contribution in [0.3, 0.4) is 0 Å². The topological polar surface area (TPSA) is 676 Å². The van der Waals surface area contributed by atoms with Gasteiger partial charge in [-0.1, -0.05) is 61.3 Å². The summed E-state index contributed by atoms with van der Waals surface area (Å²) in [6, 6.07) is 10.6. The number of carbonyl (C=O) groups excluding carboxylic acids is 7. The van der Waals surface area contributed by atoms with E-state index in [1.807, 2.05) is 0 Å². The van der Waals surface area contributed by atoms with Crippen LogP contribution in [0.15, 0.2) is 143 Å². The molecule has 8 aliphatic rings. The molecule has 42 nitrogen and oxygen atoms in total. The number of aromatic carboxylic acids is 1. The van der Waals surface area contributed by atoms with E-state index in [2.05, 4.69) is 52.6 Å². The number of amides is 6. The fourth-order valence-corrected chi connectivity index (χ4v) is 17.0. The minimum absolute atomic E-state index is 0.0645. The van der Waals surface area contributed by atoms with Crippen molar-refractivity contribution in [3.8, 4) is 85.3 Å². The van der Waals surface area contributed by atoms with E-state index in [-0.39, 0.29) is 75.5 Å². The van der Waals surface area contributed by atoms with Crippen LogP contribution in [0, 0.1) is 5.92 Å². The number of quaternary nitrogens is 1. The lowest BCUT2D eigenvalue weighted by Gasteiger charge is -2.45. The van der Waals surface area contributed by atoms with Crippen molar-refractivity contribution in [2.75, 3.05) is 23.9 Å². The monoisotopic (exact) mass is 1920 g/mol. The number of aromatic nitrogens is 3. The van der Waals surface area contributed by atoms with Crippen LogP contribution in [0.5, 0.6) is 51.7 Å². The Hall–Kier alpha value is -13.7. The molecule has 8 heterocycles. The number of nitrogens with one attached hydrogen (secondary N) is 6. The summed E-state index contributed by atoms with van der Waals surface area (Å²) in [5, 5.41) is 150. The van der Waals surface area contributed by atoms with Crippen LogP contribution in [-0.2, 0) is 52.6 Å². The number of likely N-dealkylation sites (N-methyl/N-ethyl adjacent to an activating group) is 1. The van der Waals surface area contributed by atoms with Gasteiger partial charge in [-0.3, -0.25) is 43.2 Å². The van der Waals surface area contributed by atoms with Crippen LogP contribution in [0.1, 0.15) is 122 Å². The number of hydrogen-bond acceptors (Lipinski definition) is 33. The highest BCUT2D eigenvalue weighted by Crippen LogP contribution is 2.51. The molecule has 1 aromatic heterocycles. The van der Waals surface area contributed by atoms with Gasteiger partial charge in [0, 0.05) is 58.6 Å². The number of aromatic hydroxyl groups is 4. The first-order valence-electron chi connectivity index (χ1n) is 41.6. The summed E-state index contributed by atoms with van der Waals surface area (Å²) in [7, 11) is 1.35. The third kappa shape index (κ3) is 20.7. The molecule has 8 unspecified atom stereocenters. The molecule has 45 heteroatoms. The van der Waals surface area contributed by atoms with Gasteiger partial charge in [0.25, 0.3) is 0 Å². The molecule has 25 N–H and O–H groups in total. The van der Waals surface area contributed by atoms with Gasteiger partial charge in [0.05, 0.1) is 41.2 Å². The number of rotatable bonds is 22. The number of carbonyl (C=O) groups is 9. The second kappa shape index (κ2) is 39.5. The third-order valence-corrected chi connectivity index (χ3v) is 24.0. The number of benzene rings is 8. The summed E-state index contributed by atoms with van der Waals surface area (Å²) >= 11 is 21.0. The van der Waals surface area contributed by atoms with Crippen LogP contribution in [0.2, 0.25) is 15.3 Å². The average Bonchev–Trinajstić information content (AvgIpc) is 0.747. The first-order chi connectivity index (χ1) is 63.8. The first kappa shape index (κ1) is 97.3. The average molecular weight is 1930 g/mol. The van der Waals surface area contributed by atoms with E-state index in [9.17, 15) is 85.3 Å². The number of anilines is 3. The zero-order chi connectivity index (χ0) is 97.7. The fourth-order valence-electron chi connectivity index (χ4n) is 16.4. The standard InChI is InChI=1S/C90H90Cl3N13O29/c1-33(2)19-53(106(6)89-104-87(93)103-88(105-89)97-40-10-13-44(47(25-40)84(125)126)65-45-14-11-41(109)28-58(45)132-59-29-42(110)12-15-46(59)65)80(121)102-71-73(116)38-9-18-57(51(92)22-38)131-61-24-39-23-60(76(61)135-86-77(75(118)74(117)62(32-107)133-86)134-64-31-90(5,96)78(119)35(4)129-64)130-56-17-8-37(21-50(56)91)72(115)68(34(3)108)99-81(122)69(101-82(123)70(39)100-79(120)52(30-63(94)114)98-83(71)124)36-7-16-54(112)48(20-36)66-49(67(95)85(127)128)26-43(111)27-55(66)113/h7-18,20-29,33,35,52-53,62,64,67-75,77-78,86,107,109,111-113,115-119H,19,30-32,95-96H2,1-6H3,(H2,94,114)(H,98,124)(H,99,122)(H,100,120)(H,101,123)(H,102,121)(H,125,126)(H,127,128)(H,97,103,104,105)/p+1/t35?,52-,53+,62?,64?,67-,68+,69+,70+,71+,72+,73+,74?,75?,77?,78?,86?,90-/m0/s1. The molecule has 0 radical (unpaired) electrons. The maximum Gasteiger partial charge on any atom is 0.336 e. The predicted octanol–water partition coefficient (Wildman–Crippen LogP) is 4.59. The Kier molecular flexibility index (Phi) is 28.4. The molecule has 8 aromatic rings. The Bertz CT molecular complexity index is 6410. The third-order valence-electron chi connectivity index (χ3n) is 23.2. The number of fused-ring (bicyclic) bond motifs is 18. The number of carboxylic acids is 2. The second-order valence-corrected chi connectivity index (χ2v) is 34.7. The number of ketones is 1. The van der Waals surface area contributed by atoms with Crippen molar-refractivity contribution in [3.63, 3.8) is 0 Å². The van der Waals surface area contributed by atoms with E-state index in [0.717, 1.165) is 79.7 Å². The number of nitrogens with two attached hydrogens (primary N) is 2. The Morgan fingerprint density at radius 3 is 1.95 bits per heavy atom. The van der Waals surface area contributed by atoms with Crippen molar-refractivity contribution in [2.45, 2.75) is 163 Å². The van der Waals surface area contributed by atoms with E-state index in [4.69, 9.17) is 79.1 Å². The minimum Gasteiger partial charge on any atom is -0.508 e. The lowest BCUT2D eigenvalue weighted by molar-refractivity contribution is -0.518. The summed E-state index contributed by atoms with van der Waals surface area (Å²) in [5.74, 6) is -18.9. The van der Waals surface area contributed by atoms with Crippen LogP contribution >= 0.6 is 34.8 Å². The Balaban J connectivity index is 0.897. The van der Waals surface area contributed by atoms with Crippen LogP contribution in [0.25, 0.3) is 44.5 Å². The zero-order valence-corrected chi connectivity index (χ0v) is 74.3. The number of phenolic OH excluding ortho intramolecular Hbond substituents is 4. The molecule has 16 rings (SSSR count). The molecule has 18 atom stereocenters. The quantitative estimate of drug-likeness (QED) is 0.0413. The molecule has 0 spiro atoms. The minimum atomic E-state index is -2.47. The molecule has 710 valence electrons. The van der Waals surface area contributed by atoms with Gasteiger partial charge in [0.2, 0.25) is 64.7 Å². The van der Waals surface area contributed by atoms with E-state index in [0.29, 0.717) is 16.5 Å². The summed E-state index contributed by atoms with van der Waals surface area (Å²) < 4.78 is 44.8. The van der Waals surface area contributed by atoms with Gasteiger partial charge in [-0.25, -0.2) is 4.79 Å². The molecule has 135 heavy (non-hydrogen) atoms. The fraction of sp³-hybridized carbons (Fsp3) is 0.322. The number of aliphatic hydroxyl groups excluding tert-OH is 6. The summed E-state index contributed by atoms with van der Waals surface area (Å²) in [6.07, 6.45) is -19.2. The Labute approximate surface area is 779 Å². The predicted molar refractivity (Wildman–Crippen MR) is 475 cm³/mol. The molecule has 2 saturated heterocycles. The summed E-state index contributed by atoms with van der Waals surface area (Å²) in [5.41, 5.74) is 12.2. The number of aliphatic hydroxyl groups is 6. The maximum atomic E-state index is 16.4. The number of phenols is 4. The second-order valence-electron chi connectivity index (χ2n) is 33.5. The first-order valence-corrected chi connectivity index (χ1v) is 42.8. The number of aliphatic carboxylic acids is 1. The van der Waals surface area contributed by atoms with Crippen LogP contribution < -0.4 is 73.6 Å². The van der Waals surface area contributed by atoms with Gasteiger partial charge in [0.1, 0.15) is 130 Å². The number of halogens is 3. The molecular weight excluding hydrogens is 1830 g/mol. The number of hydrogen-bond donors (Lipinski definition) is 21. The molecule has 6 amide bonds. The highest BCUT2D eigenvalue weighted by atomic mass is 35.5. The van der Waals surface area contributed by atoms with Crippen molar-refractivity contribution in [1.82, 2.24) is 41.5 Å². The molecule has 2 fully saturated rings. The number of ether oxygens (including phenoxy) is 6. The molecule has 0 saturated carbocycles. The highest BCUT2D eigenvalue weighted by molar-refractivity contribution is 6.32. The van der Waals surface area contributed by atoms with Crippen LogP contribution in [0.4, 0.5) is 17.6 Å². The van der Waals surface area contributed by atoms with E-state index >= 15 is 24.0 Å². The smallest absolute Gasteiger partial charge is 0.336 e. The Morgan fingerprint density at radius 2 is 1.32 bits per heavy atom. The molecule has 7 aliphatic heterocycles. The van der Waals surface area contributed by atoms with E-state index in [1.165, 1.54) is 79.5 Å². The van der Waals surface area contributed by atoms with Crippen molar-refractivity contribution >= 4 is 117 Å². The largest absolute Gasteiger partial charge is 0.508 e. The van der Waals surface area contributed by atoms with Crippen molar-refractivity contribution in [3.05, 3.63) is 192 Å². The SMILES string of the molecule is CC(=O)[C@H]1NC(=O)[C@@H](c2ccc(O)c(-c3c(O)cc(O)cc3[C@H](N)C(=O)O)c2)NC(=O)[C@@H]2NC(=O)[C@H](CC(N)=O)NC(=O)[C@H](NC(=O)[C@@H](CC(C)C)N(C)c3nc(Cl)nc(Nc4ccc(-c5c6ccc(=O)cc-6oc6cc(O)ccc56)c(C(=O)O)c4)n3)[C@H](O)c3ccc(c(Cl)c3)Oc3cc2cc(c3OC2OC(CO)C(O)C(O)C2OC2C[C@](C)([NH3+])C(O)C(C)O2)Oc2ccc(cc2Cl)[C@H]1O. The summed E-state index contributed by atoms with van der Waals surface area (Å²) in [4.78, 5) is 159. The van der Waals surface area contributed by atoms with Gasteiger partial charge in [-0.2, -0.15) is 15.0 Å². The highest BCUT2D eigenvalue weighted by Gasteiger charge is 2.53. The van der Waals surface area contributed by atoms with Gasteiger partial charge in [0.15, 0.2) is 35.1 Å². The molecule has 1 aliphatic carbocycles. The lowest BCUT2D eigenvalue weighted by atomic mass is 9.86. The van der Waals surface area contributed by atoms with E-state index < -0.39 is 270 Å². The van der Waals surface area contributed by atoms with Crippen LogP contribution in [-0.4, -0.2) is 222 Å². The molecule has 7 aromatic carbocycles. The van der Waals surface area contributed by atoms with Gasteiger partial charge in [-0.15, -0.1) is 0 Å². The number of carboxylic acid groups (broad SMARTS) is 2. The van der Waals surface area contributed by atoms with Gasteiger partial charge in [-0.05, 0) is 169 Å². The van der Waals surface area contributed by atoms with Crippen molar-refractivity contribution in [2.24, 2.45) is 17.4 Å². The zero-order valence-electron chi connectivity index (χ0n) is 72.0. The normalized spacial score (nSPS) is 24.2. The van der Waals surface area contributed by atoms with Crippen molar-refractivity contribution in [1.29, 1.82) is 0 Å². The Morgan fingerprint density at radius 1 is 0.674 bits per heavy atom.